The molecule has 2 rings (SSSR count). The van der Waals surface area contributed by atoms with Gasteiger partial charge >= 0.3 is 0 Å². The lowest BCUT2D eigenvalue weighted by molar-refractivity contribution is -0.115. The van der Waals surface area contributed by atoms with Gasteiger partial charge in [-0.25, -0.2) is 0 Å². The molecule has 21 heavy (non-hydrogen) atoms. The van der Waals surface area contributed by atoms with Crippen molar-refractivity contribution in [2.75, 3.05) is 11.9 Å². The second-order valence-electron chi connectivity index (χ2n) is 5.38. The second kappa shape index (κ2) is 7.04. The van der Waals surface area contributed by atoms with Crippen LogP contribution < -0.4 is 10.6 Å². The maximum atomic E-state index is 12.0. The highest BCUT2D eigenvalue weighted by molar-refractivity contribution is 5.92. The van der Waals surface area contributed by atoms with Gasteiger partial charge in [0.25, 0.3) is 0 Å². The lowest BCUT2D eigenvalue weighted by atomic mass is 10.0. The lowest BCUT2D eigenvalue weighted by Gasteiger charge is -2.16. The molecular formula is C18H22N2O. The van der Waals surface area contributed by atoms with E-state index in [-0.39, 0.29) is 11.9 Å². The van der Waals surface area contributed by atoms with Crippen molar-refractivity contribution in [2.24, 2.45) is 0 Å². The molecule has 1 amide bonds. The summed E-state index contributed by atoms with van der Waals surface area (Å²) < 4.78 is 0. The molecule has 0 radical (unpaired) electrons. The van der Waals surface area contributed by atoms with E-state index < -0.39 is 0 Å². The number of amides is 1. The number of benzene rings is 2. The number of hydrogen-bond acceptors (Lipinski definition) is 2. The largest absolute Gasteiger partial charge is 0.325 e. The third kappa shape index (κ3) is 4.43. The van der Waals surface area contributed by atoms with Crippen LogP contribution in [0.4, 0.5) is 5.69 Å². The van der Waals surface area contributed by atoms with Crippen molar-refractivity contribution < 1.29 is 4.79 Å². The Labute approximate surface area is 126 Å². The van der Waals surface area contributed by atoms with Crippen LogP contribution in [0.25, 0.3) is 0 Å². The Bertz CT molecular complexity index is 622. The summed E-state index contributed by atoms with van der Waals surface area (Å²) in [5.74, 6) is -0.0268. The van der Waals surface area contributed by atoms with Gasteiger partial charge in [-0.15, -0.1) is 0 Å². The smallest absolute Gasteiger partial charge is 0.238 e. The first-order valence-corrected chi connectivity index (χ1v) is 7.21. The van der Waals surface area contributed by atoms with E-state index in [9.17, 15) is 4.79 Å². The van der Waals surface area contributed by atoms with E-state index >= 15 is 0 Å². The molecule has 0 aliphatic heterocycles. The van der Waals surface area contributed by atoms with Crippen LogP contribution in [0.1, 0.15) is 29.7 Å². The second-order valence-corrected chi connectivity index (χ2v) is 5.38. The van der Waals surface area contributed by atoms with E-state index in [2.05, 4.69) is 36.6 Å². The number of anilines is 1. The van der Waals surface area contributed by atoms with Gasteiger partial charge in [0.05, 0.1) is 6.54 Å². The average molecular weight is 282 g/mol. The molecule has 0 saturated carbocycles. The van der Waals surface area contributed by atoms with Crippen LogP contribution in [0.5, 0.6) is 0 Å². The molecular weight excluding hydrogens is 260 g/mol. The van der Waals surface area contributed by atoms with Gasteiger partial charge in [-0.3, -0.25) is 4.79 Å². The summed E-state index contributed by atoms with van der Waals surface area (Å²) in [6, 6.07) is 16.2. The van der Waals surface area contributed by atoms with Gasteiger partial charge in [0.15, 0.2) is 0 Å². The van der Waals surface area contributed by atoms with Crippen LogP contribution in [0, 0.1) is 13.8 Å². The first-order valence-electron chi connectivity index (χ1n) is 7.21. The minimum Gasteiger partial charge on any atom is -0.325 e. The van der Waals surface area contributed by atoms with Gasteiger partial charge in [-0.1, -0.05) is 36.4 Å². The van der Waals surface area contributed by atoms with E-state index in [4.69, 9.17) is 0 Å². The van der Waals surface area contributed by atoms with E-state index in [0.29, 0.717) is 6.54 Å². The molecule has 2 aromatic carbocycles. The Morgan fingerprint density at radius 2 is 1.86 bits per heavy atom. The summed E-state index contributed by atoms with van der Waals surface area (Å²) in [6.07, 6.45) is 0. The summed E-state index contributed by atoms with van der Waals surface area (Å²) >= 11 is 0. The van der Waals surface area contributed by atoms with Gasteiger partial charge in [-0.05, 0) is 49.6 Å². The number of carbonyl (C=O) groups is 1. The minimum atomic E-state index is -0.0268. The minimum absolute atomic E-state index is 0.0268. The van der Waals surface area contributed by atoms with Crippen LogP contribution in [0.3, 0.4) is 0 Å². The highest BCUT2D eigenvalue weighted by Crippen LogP contribution is 2.16. The fourth-order valence-electron chi connectivity index (χ4n) is 2.36. The molecule has 0 fully saturated rings. The van der Waals surface area contributed by atoms with Crippen molar-refractivity contribution in [1.82, 2.24) is 5.32 Å². The summed E-state index contributed by atoms with van der Waals surface area (Å²) in [4.78, 5) is 12.0. The molecule has 0 bridgehead atoms. The van der Waals surface area contributed by atoms with Crippen molar-refractivity contribution in [3.05, 3.63) is 65.2 Å². The van der Waals surface area contributed by atoms with Crippen LogP contribution in [-0.2, 0) is 4.79 Å². The maximum absolute atomic E-state index is 12.0. The molecule has 1 atom stereocenters. The number of carbonyl (C=O) groups excluding carboxylic acids is 1. The van der Waals surface area contributed by atoms with E-state index in [1.54, 1.807) is 0 Å². The van der Waals surface area contributed by atoms with E-state index in [0.717, 1.165) is 11.3 Å². The predicted octanol–water partition coefficient (Wildman–Crippen LogP) is 3.59. The van der Waals surface area contributed by atoms with Crippen molar-refractivity contribution >= 4 is 11.6 Å². The third-order valence-electron chi connectivity index (χ3n) is 3.53. The Morgan fingerprint density at radius 1 is 1.10 bits per heavy atom. The summed E-state index contributed by atoms with van der Waals surface area (Å²) in [5.41, 5.74) is 4.43. The normalized spacial score (nSPS) is 12.0. The first-order chi connectivity index (χ1) is 10.1. The summed E-state index contributed by atoms with van der Waals surface area (Å²) in [6.45, 7) is 6.46. The van der Waals surface area contributed by atoms with Crippen molar-refractivity contribution in [2.45, 2.75) is 26.8 Å². The molecule has 3 nitrogen and oxygen atoms in total. The highest BCUT2D eigenvalue weighted by Gasteiger charge is 2.09. The Balaban J connectivity index is 1.88. The fourth-order valence-corrected chi connectivity index (χ4v) is 2.36. The van der Waals surface area contributed by atoms with Crippen LogP contribution in [-0.4, -0.2) is 12.5 Å². The first kappa shape index (κ1) is 15.3. The Kier molecular flexibility index (Phi) is 5.12. The molecule has 0 saturated heterocycles. The van der Waals surface area contributed by atoms with Gasteiger partial charge in [0, 0.05) is 11.7 Å². The summed E-state index contributed by atoms with van der Waals surface area (Å²) in [7, 11) is 0. The topological polar surface area (TPSA) is 41.1 Å². The van der Waals surface area contributed by atoms with Crippen molar-refractivity contribution in [1.29, 1.82) is 0 Å². The number of hydrogen-bond donors (Lipinski definition) is 2. The lowest BCUT2D eigenvalue weighted by Crippen LogP contribution is -2.30. The molecule has 0 spiro atoms. The zero-order chi connectivity index (χ0) is 15.2. The Hall–Kier alpha value is -2.13. The molecule has 2 aromatic rings. The monoisotopic (exact) mass is 282 g/mol. The van der Waals surface area contributed by atoms with Crippen molar-refractivity contribution in [3.8, 4) is 0 Å². The molecule has 0 aliphatic rings. The predicted molar refractivity (Wildman–Crippen MR) is 87.4 cm³/mol. The molecule has 2 N–H and O–H groups in total. The quantitative estimate of drug-likeness (QED) is 0.880. The van der Waals surface area contributed by atoms with E-state index in [1.165, 1.54) is 11.1 Å². The summed E-state index contributed by atoms with van der Waals surface area (Å²) in [5, 5.41) is 6.17. The Morgan fingerprint density at radius 3 is 2.57 bits per heavy atom. The van der Waals surface area contributed by atoms with Crippen LogP contribution in [0.2, 0.25) is 0 Å². The zero-order valence-electron chi connectivity index (χ0n) is 12.8. The standard InChI is InChI=1S/C18H22N2O/c1-13-7-6-9-16(11-13)20-18(21)12-19-15(3)17-10-5-4-8-14(17)2/h4-11,15,19H,12H2,1-3H3,(H,20,21)/t15-/m1/s1. The van der Waals surface area contributed by atoms with Gasteiger partial charge in [-0.2, -0.15) is 0 Å². The van der Waals surface area contributed by atoms with Gasteiger partial charge < -0.3 is 10.6 Å². The molecule has 0 aromatic heterocycles. The van der Waals surface area contributed by atoms with E-state index in [1.807, 2.05) is 43.3 Å². The number of rotatable bonds is 5. The SMILES string of the molecule is Cc1cccc(NC(=O)CN[C@H](C)c2ccccc2C)c1. The molecule has 0 unspecified atom stereocenters. The molecule has 0 heterocycles. The van der Waals surface area contributed by atoms with Gasteiger partial charge in [0.2, 0.25) is 5.91 Å². The average Bonchev–Trinajstić information content (AvgIpc) is 2.45. The molecule has 110 valence electrons. The fraction of sp³-hybridized carbons (Fsp3) is 0.278. The zero-order valence-corrected chi connectivity index (χ0v) is 12.8. The van der Waals surface area contributed by atoms with Crippen molar-refractivity contribution in [3.63, 3.8) is 0 Å². The number of aryl methyl sites for hydroxylation is 2. The van der Waals surface area contributed by atoms with Gasteiger partial charge in [0.1, 0.15) is 0 Å². The number of nitrogens with one attached hydrogen (secondary N) is 2. The highest BCUT2D eigenvalue weighted by atomic mass is 16.1. The van der Waals surface area contributed by atoms with Crippen LogP contribution >= 0.6 is 0 Å². The van der Waals surface area contributed by atoms with Crippen LogP contribution in [0.15, 0.2) is 48.5 Å². The third-order valence-corrected chi connectivity index (χ3v) is 3.53. The molecule has 0 aliphatic carbocycles. The molecule has 3 heteroatoms. The maximum Gasteiger partial charge on any atom is 0.238 e.